The lowest BCUT2D eigenvalue weighted by Gasteiger charge is -2.13. The normalized spacial score (nSPS) is 16.5. The summed E-state index contributed by atoms with van der Waals surface area (Å²) in [6.07, 6.45) is 11.4. The number of nitrogens with one attached hydrogen (secondary N) is 1. The van der Waals surface area contributed by atoms with Gasteiger partial charge in [-0.2, -0.15) is 0 Å². The molecule has 0 aliphatic heterocycles. The van der Waals surface area contributed by atoms with Gasteiger partial charge in [-0.05, 0) is 36.5 Å². The number of hydrogen-bond donors (Lipinski definition) is 1. The Labute approximate surface area is 184 Å². The number of aromatic nitrogens is 2. The minimum absolute atomic E-state index is 0.0163. The third kappa shape index (κ3) is 5.60. The van der Waals surface area contributed by atoms with Crippen LogP contribution >= 0.6 is 11.6 Å². The molecule has 1 saturated carbocycles. The number of hydrogen-bond acceptors (Lipinski definition) is 6. The highest BCUT2D eigenvalue weighted by molar-refractivity contribution is 7.91. The van der Waals surface area contributed by atoms with Gasteiger partial charge < -0.3 is 9.87 Å². The monoisotopic (exact) mass is 467 g/mol. The van der Waals surface area contributed by atoms with Crippen LogP contribution in [0.25, 0.3) is 5.57 Å². The van der Waals surface area contributed by atoms with Crippen molar-refractivity contribution >= 4 is 49.9 Å². The van der Waals surface area contributed by atoms with Crippen molar-refractivity contribution in [2.45, 2.75) is 35.6 Å². The molecule has 0 radical (unpaired) electrons. The molecule has 3 rings (SSSR count). The van der Waals surface area contributed by atoms with E-state index in [0.717, 1.165) is 31.9 Å². The van der Waals surface area contributed by atoms with E-state index < -0.39 is 26.9 Å². The van der Waals surface area contributed by atoms with Gasteiger partial charge in [0, 0.05) is 23.0 Å². The first-order chi connectivity index (χ1) is 14.1. The summed E-state index contributed by atoms with van der Waals surface area (Å²) in [5.74, 6) is 0.0881. The summed E-state index contributed by atoms with van der Waals surface area (Å²) >= 11 is 4.93. The molecular formula is C20H22ClN3O4S2. The fraction of sp³-hybridized carbons (Fsp3) is 0.350. The van der Waals surface area contributed by atoms with Gasteiger partial charge in [0.2, 0.25) is 0 Å². The number of sulfone groups is 1. The fourth-order valence-electron chi connectivity index (χ4n) is 3.34. The largest absolute Gasteiger partial charge is 0.610 e. The first-order valence-corrected chi connectivity index (χ1v) is 13.2. The highest BCUT2D eigenvalue weighted by Crippen LogP contribution is 2.32. The van der Waals surface area contributed by atoms with Crippen LogP contribution in [0.3, 0.4) is 0 Å². The molecule has 1 aliphatic rings. The van der Waals surface area contributed by atoms with Crippen molar-refractivity contribution in [3.63, 3.8) is 0 Å². The molecule has 0 spiro atoms. The predicted molar refractivity (Wildman–Crippen MR) is 117 cm³/mol. The smallest absolute Gasteiger partial charge is 0.262 e. The maximum absolute atomic E-state index is 13.0. The van der Waals surface area contributed by atoms with Gasteiger partial charge in [-0.15, -0.1) is 0 Å². The Balaban J connectivity index is 1.93. The maximum Gasteiger partial charge on any atom is 0.262 e. The number of carbonyl (C=O) groups excluding carboxylic acids is 1. The van der Waals surface area contributed by atoms with Gasteiger partial charge in [-0.25, -0.2) is 18.4 Å². The summed E-state index contributed by atoms with van der Waals surface area (Å²) in [5.41, 5.74) is 0.921. The summed E-state index contributed by atoms with van der Waals surface area (Å²) < 4.78 is 35.1. The molecule has 1 unspecified atom stereocenters. The van der Waals surface area contributed by atoms with E-state index in [9.17, 15) is 17.8 Å². The molecule has 1 heterocycles. The molecule has 1 aromatic carbocycles. The number of halogens is 1. The number of rotatable bonds is 6. The van der Waals surface area contributed by atoms with E-state index in [1.807, 2.05) is 6.08 Å². The van der Waals surface area contributed by atoms with E-state index >= 15 is 0 Å². The third-order valence-corrected chi connectivity index (χ3v) is 7.23. The van der Waals surface area contributed by atoms with E-state index in [1.54, 1.807) is 6.07 Å². The van der Waals surface area contributed by atoms with Gasteiger partial charge in [0.1, 0.15) is 12.5 Å². The Kier molecular flexibility index (Phi) is 7.18. The van der Waals surface area contributed by atoms with Gasteiger partial charge in [0.25, 0.3) is 10.9 Å². The van der Waals surface area contributed by atoms with Crippen LogP contribution in [0.15, 0.2) is 46.6 Å². The average Bonchev–Trinajstić information content (AvgIpc) is 3.18. The molecule has 1 fully saturated rings. The lowest BCUT2D eigenvalue weighted by atomic mass is 9.98. The van der Waals surface area contributed by atoms with Gasteiger partial charge in [-0.3, -0.25) is 4.79 Å². The Morgan fingerprint density at radius 3 is 2.50 bits per heavy atom. The molecule has 7 nitrogen and oxygen atoms in total. The van der Waals surface area contributed by atoms with Crippen molar-refractivity contribution in [1.29, 1.82) is 0 Å². The van der Waals surface area contributed by atoms with Crippen LogP contribution < -0.4 is 5.32 Å². The minimum Gasteiger partial charge on any atom is -0.610 e. The first-order valence-electron chi connectivity index (χ1n) is 9.34. The number of amides is 1. The quantitative estimate of drug-likeness (QED) is 0.514. The molecular weight excluding hydrogens is 446 g/mol. The number of allylic oxidation sites excluding steroid dienone is 1. The zero-order chi connectivity index (χ0) is 21.9. The van der Waals surface area contributed by atoms with Gasteiger partial charge in [-0.1, -0.05) is 36.6 Å². The van der Waals surface area contributed by atoms with Crippen LogP contribution in [0.4, 0.5) is 5.82 Å². The Morgan fingerprint density at radius 1 is 1.27 bits per heavy atom. The van der Waals surface area contributed by atoms with Gasteiger partial charge in [0.15, 0.2) is 15.7 Å². The van der Waals surface area contributed by atoms with E-state index in [4.69, 9.17) is 11.6 Å². The average molecular weight is 468 g/mol. The fourth-order valence-corrected chi connectivity index (χ4v) is 5.08. The van der Waals surface area contributed by atoms with Crippen LogP contribution in [-0.2, 0) is 25.8 Å². The summed E-state index contributed by atoms with van der Waals surface area (Å²) in [4.78, 5) is 21.2. The van der Waals surface area contributed by atoms with Crippen LogP contribution in [-0.4, -0.2) is 41.4 Å². The first kappa shape index (κ1) is 22.7. The van der Waals surface area contributed by atoms with Gasteiger partial charge >= 0.3 is 0 Å². The van der Waals surface area contributed by atoms with E-state index in [1.165, 1.54) is 30.8 Å². The van der Waals surface area contributed by atoms with Crippen molar-refractivity contribution in [2.24, 2.45) is 5.92 Å². The molecule has 160 valence electrons. The number of anilines is 1. The number of benzene rings is 1. The van der Waals surface area contributed by atoms with E-state index in [-0.39, 0.29) is 21.7 Å². The molecule has 0 saturated heterocycles. The highest BCUT2D eigenvalue weighted by Gasteiger charge is 2.21. The highest BCUT2D eigenvalue weighted by atomic mass is 35.5. The Bertz CT molecular complexity index is 1060. The predicted octanol–water partition coefficient (Wildman–Crippen LogP) is 3.48. The van der Waals surface area contributed by atoms with Gasteiger partial charge in [0.05, 0.1) is 16.1 Å². The molecule has 1 atom stereocenters. The van der Waals surface area contributed by atoms with Crippen molar-refractivity contribution in [1.82, 2.24) is 9.97 Å². The zero-order valence-corrected chi connectivity index (χ0v) is 19.0. The molecule has 1 aromatic heterocycles. The summed E-state index contributed by atoms with van der Waals surface area (Å²) in [7, 11) is -3.47. The second-order valence-electron chi connectivity index (χ2n) is 7.19. The van der Waals surface area contributed by atoms with Crippen LogP contribution in [0.1, 0.15) is 31.2 Å². The van der Waals surface area contributed by atoms with Crippen molar-refractivity contribution in [3.05, 3.63) is 47.3 Å². The molecule has 1 amide bonds. The lowest BCUT2D eigenvalue weighted by Crippen LogP contribution is -2.16. The van der Waals surface area contributed by atoms with E-state index in [0.29, 0.717) is 16.2 Å². The van der Waals surface area contributed by atoms with E-state index in [2.05, 4.69) is 15.3 Å². The molecule has 2 aromatic rings. The van der Waals surface area contributed by atoms with Crippen molar-refractivity contribution in [2.75, 3.05) is 17.8 Å². The topological polar surface area (TPSA) is 112 Å². The molecule has 0 bridgehead atoms. The summed E-state index contributed by atoms with van der Waals surface area (Å²) in [6.45, 7) is 0. The lowest BCUT2D eigenvalue weighted by molar-refractivity contribution is -0.111. The van der Waals surface area contributed by atoms with Crippen LogP contribution in [0.2, 0.25) is 5.02 Å². The molecule has 1 N–H and O–H groups in total. The Morgan fingerprint density at radius 2 is 1.97 bits per heavy atom. The van der Waals surface area contributed by atoms with Crippen LogP contribution in [0, 0.1) is 5.92 Å². The Hall–Kier alpha value is -1.94. The SMILES string of the molecule is C[S+]([O-])c1cnc(NC(=O)/C(=C/C2CCCC2)c2ccc(S(C)(=O)=O)c(Cl)c2)cn1. The molecule has 1 aliphatic carbocycles. The third-order valence-electron chi connectivity index (χ3n) is 4.85. The van der Waals surface area contributed by atoms with Crippen LogP contribution in [0.5, 0.6) is 0 Å². The number of carbonyl (C=O) groups is 1. The minimum atomic E-state index is -3.47. The zero-order valence-electron chi connectivity index (χ0n) is 16.6. The second-order valence-corrected chi connectivity index (χ2v) is 10.9. The standard InChI is InChI=1S/C20H22ClN3O4S2/c1-29(26)19-12-22-18(11-23-19)24-20(25)15(9-13-5-3-4-6-13)14-7-8-17(16(21)10-14)30(2,27)28/h7-13H,3-6H2,1-2H3,(H,22,24,25)/b15-9+. The maximum atomic E-state index is 13.0. The number of nitrogens with zero attached hydrogens (tertiary/aromatic N) is 2. The summed E-state index contributed by atoms with van der Waals surface area (Å²) in [5, 5.41) is 3.09. The molecule has 30 heavy (non-hydrogen) atoms. The van der Waals surface area contributed by atoms with Crippen molar-refractivity contribution < 1.29 is 17.8 Å². The summed E-state index contributed by atoms with van der Waals surface area (Å²) in [6, 6.07) is 4.48. The molecule has 10 heteroatoms. The second kappa shape index (κ2) is 9.47. The van der Waals surface area contributed by atoms with Crippen molar-refractivity contribution in [3.8, 4) is 0 Å².